The third-order valence-electron chi connectivity index (χ3n) is 5.06. The van der Waals surface area contributed by atoms with Gasteiger partial charge in [-0.2, -0.15) is 0 Å². The lowest BCUT2D eigenvalue weighted by molar-refractivity contribution is 0.206. The lowest BCUT2D eigenvalue weighted by Gasteiger charge is -2.32. The number of hydrogen-bond acceptors (Lipinski definition) is 3. The molecule has 0 aliphatic carbocycles. The number of pyridine rings is 1. The van der Waals surface area contributed by atoms with Gasteiger partial charge in [-0.1, -0.05) is 13.0 Å². The highest BCUT2D eigenvalue weighted by molar-refractivity contribution is 14.0. The van der Waals surface area contributed by atoms with Gasteiger partial charge in [-0.3, -0.25) is 9.79 Å². The number of rotatable bonds is 8. The zero-order valence-electron chi connectivity index (χ0n) is 17.0. The van der Waals surface area contributed by atoms with E-state index in [-0.39, 0.29) is 29.5 Å². The van der Waals surface area contributed by atoms with E-state index in [0.717, 1.165) is 37.6 Å². The maximum Gasteiger partial charge on any atom is 0.250 e. The lowest BCUT2D eigenvalue weighted by Crippen LogP contribution is -2.48. The van der Waals surface area contributed by atoms with E-state index >= 15 is 0 Å². The number of nitrogens with zero attached hydrogens (tertiary/aromatic N) is 3. The smallest absolute Gasteiger partial charge is 0.250 e. The molecular weight excluding hydrogens is 453 g/mol. The van der Waals surface area contributed by atoms with Crippen LogP contribution in [-0.4, -0.2) is 54.7 Å². The van der Waals surface area contributed by atoms with Crippen molar-refractivity contribution in [3.05, 3.63) is 34.2 Å². The molecule has 1 aliphatic heterocycles. The molecule has 0 atom stereocenters. The van der Waals surface area contributed by atoms with Gasteiger partial charge >= 0.3 is 0 Å². The number of hydrogen-bond donors (Lipinski definition) is 2. The molecule has 0 saturated carbocycles. The van der Waals surface area contributed by atoms with E-state index in [2.05, 4.69) is 27.4 Å². The maximum absolute atomic E-state index is 11.9. The number of unbranched alkanes of at least 4 members (excludes halogenated alkanes) is 1. The molecule has 6 nitrogen and oxygen atoms in total. The van der Waals surface area contributed by atoms with Gasteiger partial charge in [-0.05, 0) is 51.6 Å². The van der Waals surface area contributed by atoms with Gasteiger partial charge in [0.25, 0.3) is 5.56 Å². The molecule has 0 unspecified atom stereocenters. The Bertz CT molecular complexity index is 623. The van der Waals surface area contributed by atoms with Crippen molar-refractivity contribution in [1.82, 2.24) is 20.1 Å². The second kappa shape index (κ2) is 13.1. The molecule has 0 radical (unpaired) electrons. The summed E-state index contributed by atoms with van der Waals surface area (Å²) >= 11 is 0. The van der Waals surface area contributed by atoms with Gasteiger partial charge < -0.3 is 20.1 Å². The number of nitrogens with one attached hydrogen (secondary N) is 2. The summed E-state index contributed by atoms with van der Waals surface area (Å²) in [5, 5.41) is 6.96. The summed E-state index contributed by atoms with van der Waals surface area (Å²) in [6.07, 6.45) is 5.57. The fourth-order valence-corrected chi connectivity index (χ4v) is 3.52. The largest absolute Gasteiger partial charge is 0.356 e. The van der Waals surface area contributed by atoms with Crippen molar-refractivity contribution in [3.63, 3.8) is 0 Å². The van der Waals surface area contributed by atoms with Crippen molar-refractivity contribution in [2.24, 2.45) is 4.99 Å². The Balaban J connectivity index is 0.00000364. The van der Waals surface area contributed by atoms with Crippen molar-refractivity contribution in [2.75, 3.05) is 33.2 Å². The molecule has 1 saturated heterocycles. The van der Waals surface area contributed by atoms with Crippen LogP contribution in [0.1, 0.15) is 44.7 Å². The van der Waals surface area contributed by atoms with Crippen molar-refractivity contribution in [1.29, 1.82) is 0 Å². The van der Waals surface area contributed by atoms with Crippen molar-refractivity contribution < 1.29 is 0 Å². The van der Waals surface area contributed by atoms with E-state index in [4.69, 9.17) is 0 Å². The molecule has 0 aromatic carbocycles. The minimum atomic E-state index is 0. The van der Waals surface area contributed by atoms with E-state index in [1.165, 1.54) is 38.9 Å². The minimum Gasteiger partial charge on any atom is -0.356 e. The Morgan fingerprint density at radius 3 is 2.59 bits per heavy atom. The molecule has 2 N–H and O–H groups in total. The standard InChI is InChI=1S/C20H35N5O.HI/c1-4-13-24-15-10-18(11-16-24)23-20(21-3)22-12-5-6-14-25-17(2)8-7-9-19(25)26;/h7-9,18H,4-6,10-16H2,1-3H3,(H2,21,22,23);1H. The first-order valence-corrected chi connectivity index (χ1v) is 10.00. The second-order valence-electron chi connectivity index (χ2n) is 7.12. The molecule has 1 fully saturated rings. The topological polar surface area (TPSA) is 61.7 Å². The van der Waals surface area contributed by atoms with Gasteiger partial charge in [0.2, 0.25) is 0 Å². The molecule has 2 rings (SSSR count). The van der Waals surface area contributed by atoms with Crippen LogP contribution in [0.25, 0.3) is 0 Å². The number of aliphatic imine (C=N–C) groups is 1. The van der Waals surface area contributed by atoms with Crippen LogP contribution < -0.4 is 16.2 Å². The number of guanidine groups is 1. The van der Waals surface area contributed by atoms with E-state index in [1.807, 2.05) is 30.7 Å². The van der Waals surface area contributed by atoms with E-state index < -0.39 is 0 Å². The molecular formula is C20H36IN5O. The summed E-state index contributed by atoms with van der Waals surface area (Å²) in [5.74, 6) is 0.895. The molecule has 2 heterocycles. The number of aryl methyl sites for hydroxylation is 1. The highest BCUT2D eigenvalue weighted by Gasteiger charge is 2.19. The van der Waals surface area contributed by atoms with Gasteiger partial charge in [-0.25, -0.2) is 0 Å². The first-order chi connectivity index (χ1) is 12.6. The van der Waals surface area contributed by atoms with E-state index in [1.54, 1.807) is 6.07 Å². The van der Waals surface area contributed by atoms with Crippen LogP contribution >= 0.6 is 24.0 Å². The van der Waals surface area contributed by atoms with Gasteiger partial charge in [0.1, 0.15) is 0 Å². The Kier molecular flexibility index (Phi) is 11.7. The molecule has 0 spiro atoms. The van der Waals surface area contributed by atoms with Gasteiger partial charge in [0.15, 0.2) is 5.96 Å². The molecule has 0 amide bonds. The minimum absolute atomic E-state index is 0. The zero-order valence-corrected chi connectivity index (χ0v) is 19.4. The number of likely N-dealkylation sites (tertiary alicyclic amines) is 1. The Labute approximate surface area is 180 Å². The molecule has 1 aromatic rings. The van der Waals surface area contributed by atoms with Crippen LogP contribution in [0.3, 0.4) is 0 Å². The molecule has 1 aromatic heterocycles. The predicted molar refractivity (Wildman–Crippen MR) is 124 cm³/mol. The molecule has 27 heavy (non-hydrogen) atoms. The van der Waals surface area contributed by atoms with Crippen LogP contribution in [0.5, 0.6) is 0 Å². The summed E-state index contributed by atoms with van der Waals surface area (Å²) in [4.78, 5) is 18.7. The van der Waals surface area contributed by atoms with Crippen LogP contribution in [0.15, 0.2) is 28.0 Å². The third kappa shape index (κ3) is 8.21. The first kappa shape index (κ1) is 23.9. The van der Waals surface area contributed by atoms with Crippen molar-refractivity contribution in [3.8, 4) is 0 Å². The lowest BCUT2D eigenvalue weighted by atomic mass is 10.1. The summed E-state index contributed by atoms with van der Waals surface area (Å²) in [5.41, 5.74) is 1.11. The average molecular weight is 489 g/mol. The van der Waals surface area contributed by atoms with Crippen LogP contribution in [0.2, 0.25) is 0 Å². The normalized spacial score (nSPS) is 16.0. The molecule has 1 aliphatic rings. The van der Waals surface area contributed by atoms with Crippen LogP contribution in [-0.2, 0) is 6.54 Å². The quantitative estimate of drug-likeness (QED) is 0.255. The van der Waals surface area contributed by atoms with Gasteiger partial charge in [-0.15, -0.1) is 24.0 Å². The SMILES string of the molecule is CCCN1CCC(NC(=NC)NCCCCn2c(C)cccc2=O)CC1.I. The maximum atomic E-state index is 11.9. The van der Waals surface area contributed by atoms with Gasteiger partial charge in [0.05, 0.1) is 0 Å². The first-order valence-electron chi connectivity index (χ1n) is 10.00. The molecule has 7 heteroatoms. The van der Waals surface area contributed by atoms with Gasteiger partial charge in [0, 0.05) is 51.0 Å². The van der Waals surface area contributed by atoms with Crippen molar-refractivity contribution in [2.45, 2.75) is 58.5 Å². The summed E-state index contributed by atoms with van der Waals surface area (Å²) in [7, 11) is 1.83. The highest BCUT2D eigenvalue weighted by atomic mass is 127. The fraction of sp³-hybridized carbons (Fsp3) is 0.700. The van der Waals surface area contributed by atoms with E-state index in [0.29, 0.717) is 6.04 Å². The Morgan fingerprint density at radius 2 is 1.96 bits per heavy atom. The average Bonchev–Trinajstić information content (AvgIpc) is 2.64. The van der Waals surface area contributed by atoms with E-state index in [9.17, 15) is 4.79 Å². The number of aromatic nitrogens is 1. The monoisotopic (exact) mass is 489 g/mol. The Hall–Kier alpha value is -1.09. The summed E-state index contributed by atoms with van der Waals surface area (Å²) in [6, 6.07) is 5.94. The second-order valence-corrected chi connectivity index (χ2v) is 7.12. The predicted octanol–water partition coefficient (Wildman–Crippen LogP) is 2.59. The Morgan fingerprint density at radius 1 is 1.22 bits per heavy atom. The van der Waals surface area contributed by atoms with Crippen molar-refractivity contribution >= 4 is 29.9 Å². The number of halogens is 1. The van der Waals surface area contributed by atoms with Crippen LogP contribution in [0, 0.1) is 6.92 Å². The number of piperidine rings is 1. The molecule has 0 bridgehead atoms. The highest BCUT2D eigenvalue weighted by Crippen LogP contribution is 2.10. The summed E-state index contributed by atoms with van der Waals surface area (Å²) < 4.78 is 1.84. The van der Waals surface area contributed by atoms with Crippen LogP contribution in [0.4, 0.5) is 0 Å². The summed E-state index contributed by atoms with van der Waals surface area (Å²) in [6.45, 7) is 9.43. The third-order valence-corrected chi connectivity index (χ3v) is 5.06. The zero-order chi connectivity index (χ0) is 18.8. The molecule has 154 valence electrons. The fourth-order valence-electron chi connectivity index (χ4n) is 3.52.